The van der Waals surface area contributed by atoms with Gasteiger partial charge in [0, 0.05) is 5.02 Å². The number of hydrogen-bond donors (Lipinski definition) is 0. The van der Waals surface area contributed by atoms with E-state index in [2.05, 4.69) is 0 Å². The van der Waals surface area contributed by atoms with Crippen LogP contribution in [-0.2, 0) is 6.54 Å². The van der Waals surface area contributed by atoms with Crippen LogP contribution in [-0.4, -0.2) is 8.97 Å². The Morgan fingerprint density at radius 2 is 1.59 bits per heavy atom. The summed E-state index contributed by atoms with van der Waals surface area (Å²) in [6, 6.07) is 25.3. The molecule has 0 radical (unpaired) electrons. The maximum absolute atomic E-state index is 13.5. The predicted octanol–water partition coefficient (Wildman–Crippen LogP) is 6.41. The number of nitrogens with zero attached hydrogens (tertiary/aromatic N) is 2. The number of halogens is 1. The average Bonchev–Trinajstić information content (AvgIpc) is 3.10. The topological polar surface area (TPSA) is 26.4 Å². The van der Waals surface area contributed by atoms with Gasteiger partial charge in [-0.05, 0) is 47.6 Å². The van der Waals surface area contributed by atoms with Gasteiger partial charge in [0.05, 0.1) is 22.3 Å². The lowest BCUT2D eigenvalue weighted by molar-refractivity contribution is 0.781. The molecule has 29 heavy (non-hydrogen) atoms. The Morgan fingerprint density at radius 1 is 0.897 bits per heavy atom. The zero-order valence-electron chi connectivity index (χ0n) is 15.2. The minimum atomic E-state index is -0.0273. The van der Waals surface area contributed by atoms with E-state index in [4.69, 9.17) is 23.8 Å². The van der Waals surface area contributed by atoms with E-state index in [0.717, 1.165) is 31.1 Å². The first kappa shape index (κ1) is 18.3. The molecule has 0 saturated heterocycles. The third kappa shape index (κ3) is 3.12. The molecule has 142 valence electrons. The summed E-state index contributed by atoms with van der Waals surface area (Å²) in [5, 5.41) is 1.33. The van der Waals surface area contributed by atoms with Crippen molar-refractivity contribution in [2.75, 3.05) is 0 Å². The first-order valence-electron chi connectivity index (χ1n) is 9.10. The molecule has 0 spiro atoms. The van der Waals surface area contributed by atoms with Crippen LogP contribution in [0, 0.1) is 3.95 Å². The summed E-state index contributed by atoms with van der Waals surface area (Å²) in [6.45, 7) is 0.440. The number of hydrogen-bond acceptors (Lipinski definition) is 3. The highest BCUT2D eigenvalue weighted by molar-refractivity contribution is 7.73. The van der Waals surface area contributed by atoms with E-state index in [1.165, 1.54) is 11.3 Å². The summed E-state index contributed by atoms with van der Waals surface area (Å²) >= 11 is 13.3. The number of para-hydroxylation sites is 1. The van der Waals surface area contributed by atoms with E-state index in [1.807, 2.05) is 87.8 Å². The maximum Gasteiger partial charge on any atom is 0.261 e. The van der Waals surface area contributed by atoms with Gasteiger partial charge in [-0.15, -0.1) is 11.3 Å². The molecule has 0 aliphatic rings. The highest BCUT2D eigenvalue weighted by Crippen LogP contribution is 2.33. The van der Waals surface area contributed by atoms with Gasteiger partial charge < -0.3 is 0 Å². The smallest absolute Gasteiger partial charge is 0.261 e. The van der Waals surface area contributed by atoms with Gasteiger partial charge >= 0.3 is 0 Å². The lowest BCUT2D eigenvalue weighted by Crippen LogP contribution is -2.23. The van der Waals surface area contributed by atoms with Crippen LogP contribution >= 0.6 is 35.2 Å². The first-order chi connectivity index (χ1) is 14.1. The van der Waals surface area contributed by atoms with Crippen LogP contribution in [0.2, 0.25) is 5.02 Å². The molecule has 0 aliphatic carbocycles. The Bertz CT molecular complexity index is 1470. The van der Waals surface area contributed by atoms with Crippen molar-refractivity contribution in [3.63, 3.8) is 0 Å². The van der Waals surface area contributed by atoms with Crippen molar-refractivity contribution in [2.24, 2.45) is 0 Å². The van der Waals surface area contributed by atoms with Crippen molar-refractivity contribution in [3.05, 3.63) is 104 Å². The van der Waals surface area contributed by atoms with Crippen molar-refractivity contribution < 1.29 is 0 Å². The molecule has 3 nitrogen and oxygen atoms in total. The second kappa shape index (κ2) is 7.26. The van der Waals surface area contributed by atoms with Crippen molar-refractivity contribution in [1.29, 1.82) is 0 Å². The molecular weight excluding hydrogens is 420 g/mol. The van der Waals surface area contributed by atoms with Gasteiger partial charge in [0.2, 0.25) is 0 Å². The molecular formula is C23H15ClN2OS2. The largest absolute Gasteiger partial charge is 0.288 e. The Hall–Kier alpha value is -2.73. The summed E-state index contributed by atoms with van der Waals surface area (Å²) in [5.74, 6) is 0. The molecule has 2 heterocycles. The molecule has 5 rings (SSSR count). The summed E-state index contributed by atoms with van der Waals surface area (Å²) in [6.07, 6.45) is 0. The highest BCUT2D eigenvalue weighted by atomic mass is 35.5. The van der Waals surface area contributed by atoms with Crippen LogP contribution in [0.3, 0.4) is 0 Å². The third-order valence-corrected chi connectivity index (χ3v) is 6.62. The van der Waals surface area contributed by atoms with Gasteiger partial charge in [-0.1, -0.05) is 66.2 Å². The number of aromatic nitrogens is 2. The fourth-order valence-corrected chi connectivity index (χ4v) is 5.17. The Kier molecular flexibility index (Phi) is 4.59. The van der Waals surface area contributed by atoms with Crippen LogP contribution in [0.4, 0.5) is 0 Å². The number of rotatable bonds is 3. The number of thiazole rings is 1. The molecule has 0 N–H and O–H groups in total. The predicted molar refractivity (Wildman–Crippen MR) is 124 cm³/mol. The molecule has 0 aliphatic heterocycles. The van der Waals surface area contributed by atoms with Crippen LogP contribution in [0.25, 0.3) is 27.0 Å². The van der Waals surface area contributed by atoms with E-state index < -0.39 is 0 Å². The quantitative estimate of drug-likeness (QED) is 0.306. The minimum absolute atomic E-state index is 0.0273. The Morgan fingerprint density at radius 3 is 2.34 bits per heavy atom. The van der Waals surface area contributed by atoms with Crippen molar-refractivity contribution in [2.45, 2.75) is 6.54 Å². The van der Waals surface area contributed by atoms with Gasteiger partial charge in [0.1, 0.15) is 5.65 Å². The molecule has 0 atom stereocenters. The first-order valence-corrected chi connectivity index (χ1v) is 10.7. The standard InChI is InChI=1S/C23H15ClN2OS2/c24-17-12-10-15(11-13-17)14-25-21-20(16-6-2-1-3-7-16)29-23(28)26(21)19-9-5-4-8-18(19)22(25)27/h1-13H,14H2. The second-order valence-corrected chi connectivity index (χ2v) is 8.84. The van der Waals surface area contributed by atoms with Crippen LogP contribution in [0.15, 0.2) is 83.7 Å². The third-order valence-electron chi connectivity index (χ3n) is 4.95. The van der Waals surface area contributed by atoms with Gasteiger partial charge in [0.15, 0.2) is 3.95 Å². The molecule has 6 heteroatoms. The molecule has 0 fully saturated rings. The number of fused-ring (bicyclic) bond motifs is 3. The molecule has 2 aromatic heterocycles. The van der Waals surface area contributed by atoms with Crippen LogP contribution in [0.1, 0.15) is 5.56 Å². The molecule has 0 amide bonds. The normalized spacial score (nSPS) is 11.3. The second-order valence-electron chi connectivity index (χ2n) is 6.76. The maximum atomic E-state index is 13.5. The van der Waals surface area contributed by atoms with E-state index in [-0.39, 0.29) is 5.56 Å². The van der Waals surface area contributed by atoms with Gasteiger partial charge in [-0.2, -0.15) is 0 Å². The summed E-state index contributed by atoms with van der Waals surface area (Å²) in [5.41, 5.74) is 3.68. The fraction of sp³-hybridized carbons (Fsp3) is 0.0435. The zero-order chi connectivity index (χ0) is 20.0. The number of benzene rings is 3. The monoisotopic (exact) mass is 434 g/mol. The van der Waals surface area contributed by atoms with E-state index in [1.54, 1.807) is 0 Å². The van der Waals surface area contributed by atoms with E-state index in [9.17, 15) is 4.79 Å². The fourth-order valence-electron chi connectivity index (χ4n) is 3.61. The van der Waals surface area contributed by atoms with Crippen LogP contribution in [0.5, 0.6) is 0 Å². The van der Waals surface area contributed by atoms with E-state index >= 15 is 0 Å². The van der Waals surface area contributed by atoms with Crippen molar-refractivity contribution >= 4 is 51.7 Å². The van der Waals surface area contributed by atoms with Crippen molar-refractivity contribution in [3.8, 4) is 10.4 Å². The van der Waals surface area contributed by atoms with Crippen LogP contribution < -0.4 is 5.56 Å². The lowest BCUT2D eigenvalue weighted by Gasteiger charge is -2.13. The molecule has 3 aromatic carbocycles. The van der Waals surface area contributed by atoms with Crippen molar-refractivity contribution in [1.82, 2.24) is 8.97 Å². The molecule has 0 unspecified atom stereocenters. The average molecular weight is 435 g/mol. The van der Waals surface area contributed by atoms with Gasteiger partial charge in [-0.25, -0.2) is 0 Å². The zero-order valence-corrected chi connectivity index (χ0v) is 17.6. The minimum Gasteiger partial charge on any atom is -0.288 e. The summed E-state index contributed by atoms with van der Waals surface area (Å²) in [7, 11) is 0. The SMILES string of the molecule is O=c1c2ccccc2n2c(=S)sc(-c3ccccc3)c2n1Cc1ccc(Cl)cc1. The molecule has 0 bridgehead atoms. The summed E-state index contributed by atoms with van der Waals surface area (Å²) in [4.78, 5) is 14.5. The Labute approximate surface area is 181 Å². The lowest BCUT2D eigenvalue weighted by atomic mass is 10.1. The van der Waals surface area contributed by atoms with Gasteiger partial charge in [0.25, 0.3) is 5.56 Å². The highest BCUT2D eigenvalue weighted by Gasteiger charge is 2.18. The van der Waals surface area contributed by atoms with E-state index in [0.29, 0.717) is 17.0 Å². The Balaban J connectivity index is 1.90. The molecule has 0 saturated carbocycles. The summed E-state index contributed by atoms with van der Waals surface area (Å²) < 4.78 is 4.56. The van der Waals surface area contributed by atoms with Gasteiger partial charge in [-0.3, -0.25) is 13.8 Å². The molecule has 5 aromatic rings.